The molecule has 3 aromatic rings. The standard InChI is InChI=1S/C18H23N3O2/c1-5-23-11-16(18(3,4)22)21-12(2)20-15-10-19-14-9-7-6-8-13(14)17(15)21/h6-10,16,22H,5,11H2,1-4H3. The molecular weight excluding hydrogens is 290 g/mol. The molecule has 0 saturated carbocycles. The van der Waals surface area contributed by atoms with E-state index in [1.54, 1.807) is 6.20 Å². The molecule has 3 rings (SSSR count). The van der Waals surface area contributed by atoms with Gasteiger partial charge in [-0.2, -0.15) is 0 Å². The van der Waals surface area contributed by atoms with Crippen LogP contribution in [0.4, 0.5) is 0 Å². The van der Waals surface area contributed by atoms with Crippen LogP contribution in [0.15, 0.2) is 30.5 Å². The monoisotopic (exact) mass is 313 g/mol. The number of benzene rings is 1. The Morgan fingerprint density at radius 2 is 2.00 bits per heavy atom. The van der Waals surface area contributed by atoms with Crippen molar-refractivity contribution in [1.82, 2.24) is 14.5 Å². The molecule has 1 aromatic carbocycles. The highest BCUT2D eigenvalue weighted by atomic mass is 16.5. The van der Waals surface area contributed by atoms with Crippen molar-refractivity contribution < 1.29 is 9.84 Å². The van der Waals surface area contributed by atoms with Gasteiger partial charge >= 0.3 is 0 Å². The van der Waals surface area contributed by atoms with Crippen LogP contribution in [-0.2, 0) is 4.74 Å². The van der Waals surface area contributed by atoms with Crippen molar-refractivity contribution in [2.75, 3.05) is 13.2 Å². The molecule has 1 unspecified atom stereocenters. The Hall–Kier alpha value is -1.98. The zero-order chi connectivity index (χ0) is 16.6. The number of fused-ring (bicyclic) bond motifs is 3. The van der Waals surface area contributed by atoms with Crippen molar-refractivity contribution in [1.29, 1.82) is 0 Å². The second-order valence-corrected chi connectivity index (χ2v) is 6.37. The van der Waals surface area contributed by atoms with Gasteiger partial charge in [-0.05, 0) is 33.8 Å². The molecule has 2 heterocycles. The van der Waals surface area contributed by atoms with E-state index in [2.05, 4.69) is 14.5 Å². The van der Waals surface area contributed by atoms with Gasteiger partial charge in [-0.1, -0.05) is 18.2 Å². The highest BCUT2D eigenvalue weighted by Gasteiger charge is 2.31. The van der Waals surface area contributed by atoms with Gasteiger partial charge in [0, 0.05) is 12.0 Å². The zero-order valence-electron chi connectivity index (χ0n) is 14.1. The maximum absolute atomic E-state index is 10.7. The summed E-state index contributed by atoms with van der Waals surface area (Å²) in [5, 5.41) is 11.7. The minimum atomic E-state index is -0.933. The van der Waals surface area contributed by atoms with Crippen LogP contribution in [0.3, 0.4) is 0 Å². The smallest absolute Gasteiger partial charge is 0.108 e. The lowest BCUT2D eigenvalue weighted by Crippen LogP contribution is -2.37. The third kappa shape index (κ3) is 2.82. The summed E-state index contributed by atoms with van der Waals surface area (Å²) in [5.41, 5.74) is 1.83. The first-order valence-corrected chi connectivity index (χ1v) is 7.96. The maximum atomic E-state index is 10.7. The largest absolute Gasteiger partial charge is 0.388 e. The first-order chi connectivity index (χ1) is 10.9. The second-order valence-electron chi connectivity index (χ2n) is 6.37. The number of ether oxygens (including phenoxy) is 1. The fraction of sp³-hybridized carbons (Fsp3) is 0.444. The molecule has 2 aromatic heterocycles. The third-order valence-corrected chi connectivity index (χ3v) is 4.21. The number of para-hydroxylation sites is 1. The Kier molecular flexibility index (Phi) is 4.08. The van der Waals surface area contributed by atoms with Crippen molar-refractivity contribution in [3.05, 3.63) is 36.3 Å². The summed E-state index contributed by atoms with van der Waals surface area (Å²) in [5.74, 6) is 0.852. The summed E-state index contributed by atoms with van der Waals surface area (Å²) in [7, 11) is 0. The zero-order valence-corrected chi connectivity index (χ0v) is 14.1. The van der Waals surface area contributed by atoms with E-state index in [4.69, 9.17) is 4.74 Å². The number of aryl methyl sites for hydroxylation is 1. The first kappa shape index (κ1) is 15.9. The SMILES string of the molecule is CCOCC(n1c(C)nc2cnc3ccccc3c21)C(C)(C)O. The Balaban J connectivity index is 2.30. The normalized spacial score (nSPS) is 13.8. The molecule has 0 amide bonds. The number of hydrogen-bond donors (Lipinski definition) is 1. The second kappa shape index (κ2) is 5.91. The molecule has 0 aliphatic rings. The molecule has 0 aliphatic carbocycles. The predicted molar refractivity (Wildman–Crippen MR) is 91.6 cm³/mol. The minimum Gasteiger partial charge on any atom is -0.388 e. The molecule has 122 valence electrons. The predicted octanol–water partition coefficient (Wildman–Crippen LogP) is 3.24. The molecule has 5 heteroatoms. The van der Waals surface area contributed by atoms with Crippen LogP contribution in [0.1, 0.15) is 32.6 Å². The molecule has 0 saturated heterocycles. The van der Waals surface area contributed by atoms with Gasteiger partial charge < -0.3 is 14.4 Å². The highest BCUT2D eigenvalue weighted by molar-refractivity contribution is 6.02. The number of hydrogen-bond acceptors (Lipinski definition) is 4. The van der Waals surface area contributed by atoms with E-state index in [1.807, 2.05) is 52.0 Å². The fourth-order valence-corrected chi connectivity index (χ4v) is 3.05. The molecule has 23 heavy (non-hydrogen) atoms. The molecule has 0 aliphatic heterocycles. The molecule has 1 N–H and O–H groups in total. The molecule has 0 radical (unpaired) electrons. The summed E-state index contributed by atoms with van der Waals surface area (Å²) < 4.78 is 7.73. The summed E-state index contributed by atoms with van der Waals surface area (Å²) in [4.78, 5) is 9.12. The summed E-state index contributed by atoms with van der Waals surface area (Å²) >= 11 is 0. The summed E-state index contributed by atoms with van der Waals surface area (Å²) in [6, 6.07) is 7.78. The number of aromatic nitrogens is 3. The van der Waals surface area contributed by atoms with Crippen molar-refractivity contribution in [3.8, 4) is 0 Å². The van der Waals surface area contributed by atoms with Crippen LogP contribution in [0.25, 0.3) is 21.9 Å². The molecule has 0 fully saturated rings. The van der Waals surface area contributed by atoms with Gasteiger partial charge in [0.2, 0.25) is 0 Å². The Bertz CT molecular complexity index is 833. The van der Waals surface area contributed by atoms with Crippen LogP contribution in [-0.4, -0.2) is 38.5 Å². The van der Waals surface area contributed by atoms with E-state index < -0.39 is 5.60 Å². The average molecular weight is 313 g/mol. The van der Waals surface area contributed by atoms with Gasteiger partial charge in [-0.15, -0.1) is 0 Å². The van der Waals surface area contributed by atoms with Gasteiger partial charge in [0.25, 0.3) is 0 Å². The van der Waals surface area contributed by atoms with Crippen molar-refractivity contribution in [2.45, 2.75) is 39.3 Å². The lowest BCUT2D eigenvalue weighted by Gasteiger charge is -2.32. The third-order valence-electron chi connectivity index (χ3n) is 4.21. The van der Waals surface area contributed by atoms with E-state index >= 15 is 0 Å². The van der Waals surface area contributed by atoms with Gasteiger partial charge in [-0.25, -0.2) is 4.98 Å². The molecule has 5 nitrogen and oxygen atoms in total. The van der Waals surface area contributed by atoms with E-state index in [0.29, 0.717) is 13.2 Å². The molecular formula is C18H23N3O2. The topological polar surface area (TPSA) is 60.2 Å². The van der Waals surface area contributed by atoms with Crippen molar-refractivity contribution in [2.24, 2.45) is 0 Å². The number of imidazole rings is 1. The highest BCUT2D eigenvalue weighted by Crippen LogP contribution is 2.32. The van der Waals surface area contributed by atoms with Crippen LogP contribution in [0.5, 0.6) is 0 Å². The lowest BCUT2D eigenvalue weighted by molar-refractivity contribution is -0.0188. The van der Waals surface area contributed by atoms with Gasteiger partial charge in [-0.3, -0.25) is 4.98 Å². The Morgan fingerprint density at radius 1 is 1.26 bits per heavy atom. The van der Waals surface area contributed by atoms with Crippen molar-refractivity contribution >= 4 is 21.9 Å². The van der Waals surface area contributed by atoms with E-state index in [1.165, 1.54) is 0 Å². The van der Waals surface area contributed by atoms with Crippen LogP contribution in [0.2, 0.25) is 0 Å². The quantitative estimate of drug-likeness (QED) is 0.785. The fourth-order valence-electron chi connectivity index (χ4n) is 3.05. The minimum absolute atomic E-state index is 0.224. The number of nitrogens with zero attached hydrogens (tertiary/aromatic N) is 3. The number of rotatable bonds is 5. The number of aliphatic hydroxyl groups is 1. The van der Waals surface area contributed by atoms with Crippen LogP contribution < -0.4 is 0 Å². The summed E-state index contributed by atoms with van der Waals surface area (Å²) in [6.45, 7) is 8.58. The van der Waals surface area contributed by atoms with E-state index in [9.17, 15) is 5.11 Å². The summed E-state index contributed by atoms with van der Waals surface area (Å²) in [6.07, 6.45) is 1.79. The van der Waals surface area contributed by atoms with Gasteiger partial charge in [0.1, 0.15) is 11.3 Å². The van der Waals surface area contributed by atoms with Crippen molar-refractivity contribution in [3.63, 3.8) is 0 Å². The van der Waals surface area contributed by atoms with E-state index in [0.717, 1.165) is 27.8 Å². The van der Waals surface area contributed by atoms with Gasteiger partial charge in [0.15, 0.2) is 0 Å². The van der Waals surface area contributed by atoms with E-state index in [-0.39, 0.29) is 6.04 Å². The first-order valence-electron chi connectivity index (χ1n) is 7.96. The van der Waals surface area contributed by atoms with Gasteiger partial charge in [0.05, 0.1) is 35.5 Å². The Labute approximate surface area is 135 Å². The molecule has 0 bridgehead atoms. The van der Waals surface area contributed by atoms with Crippen LogP contribution >= 0.6 is 0 Å². The maximum Gasteiger partial charge on any atom is 0.108 e. The molecule has 0 spiro atoms. The number of pyridine rings is 1. The average Bonchev–Trinajstić information content (AvgIpc) is 2.83. The lowest BCUT2D eigenvalue weighted by atomic mass is 9.98. The van der Waals surface area contributed by atoms with Crippen LogP contribution in [0, 0.1) is 6.92 Å². The Morgan fingerprint density at radius 3 is 2.70 bits per heavy atom. The molecule has 1 atom stereocenters.